The van der Waals surface area contributed by atoms with Crippen LogP contribution in [0.4, 0.5) is 23.2 Å². The molecule has 2 aromatic carbocycles. The first kappa shape index (κ1) is 23.4. The molecule has 0 saturated heterocycles. The van der Waals surface area contributed by atoms with Gasteiger partial charge in [-0.05, 0) is 30.5 Å². The SMILES string of the molecule is COc1c(F)cccc1C(C)CC(O)(C=Nc1cccc2c(=O)n(C)ncc12)C(F)(F)F. The van der Waals surface area contributed by atoms with Gasteiger partial charge in [0.25, 0.3) is 5.56 Å². The Labute approximate surface area is 180 Å². The van der Waals surface area contributed by atoms with Gasteiger partial charge < -0.3 is 9.84 Å². The van der Waals surface area contributed by atoms with E-state index in [1.54, 1.807) is 0 Å². The molecule has 1 N–H and O–H groups in total. The number of rotatable bonds is 6. The number of hydrogen-bond acceptors (Lipinski definition) is 5. The first-order valence-corrected chi connectivity index (χ1v) is 9.60. The topological polar surface area (TPSA) is 76.7 Å². The molecule has 0 aliphatic carbocycles. The van der Waals surface area contributed by atoms with E-state index in [0.717, 1.165) is 10.7 Å². The Morgan fingerprint density at radius 1 is 1.22 bits per heavy atom. The largest absolute Gasteiger partial charge is 0.493 e. The highest BCUT2D eigenvalue weighted by atomic mass is 19.4. The number of alkyl halides is 3. The summed E-state index contributed by atoms with van der Waals surface area (Å²) in [5.41, 5.74) is -3.52. The molecular formula is C22H21F4N3O3. The summed E-state index contributed by atoms with van der Waals surface area (Å²) in [6.07, 6.45) is -4.17. The van der Waals surface area contributed by atoms with Crippen molar-refractivity contribution in [2.24, 2.45) is 12.0 Å². The Morgan fingerprint density at radius 2 is 1.91 bits per heavy atom. The maximum Gasteiger partial charge on any atom is 0.422 e. The molecule has 0 saturated carbocycles. The van der Waals surface area contributed by atoms with E-state index in [4.69, 9.17) is 4.74 Å². The maximum atomic E-state index is 14.0. The van der Waals surface area contributed by atoms with Gasteiger partial charge in [0.1, 0.15) is 0 Å². The molecule has 10 heteroatoms. The highest BCUT2D eigenvalue weighted by molar-refractivity contribution is 5.93. The summed E-state index contributed by atoms with van der Waals surface area (Å²) in [7, 11) is 2.66. The van der Waals surface area contributed by atoms with Crippen molar-refractivity contribution in [1.82, 2.24) is 9.78 Å². The number of para-hydroxylation sites is 1. The van der Waals surface area contributed by atoms with E-state index in [2.05, 4.69) is 10.1 Å². The maximum absolute atomic E-state index is 14.0. The normalized spacial score (nSPS) is 15.1. The summed E-state index contributed by atoms with van der Waals surface area (Å²) < 4.78 is 61.7. The molecule has 1 heterocycles. The third-order valence-corrected chi connectivity index (χ3v) is 5.23. The fourth-order valence-corrected chi connectivity index (χ4v) is 3.48. The zero-order chi connectivity index (χ0) is 23.7. The van der Waals surface area contributed by atoms with Gasteiger partial charge in [0.2, 0.25) is 0 Å². The predicted molar refractivity (Wildman–Crippen MR) is 112 cm³/mol. The molecule has 0 bridgehead atoms. The molecule has 0 spiro atoms. The predicted octanol–water partition coefficient (Wildman–Crippen LogP) is 4.27. The molecule has 3 aromatic rings. The molecule has 2 atom stereocenters. The molecule has 32 heavy (non-hydrogen) atoms. The minimum atomic E-state index is -5.07. The Bertz CT molecular complexity index is 1220. The highest BCUT2D eigenvalue weighted by Crippen LogP contribution is 2.40. The van der Waals surface area contributed by atoms with Gasteiger partial charge in [-0.3, -0.25) is 9.79 Å². The zero-order valence-electron chi connectivity index (χ0n) is 17.5. The summed E-state index contributed by atoms with van der Waals surface area (Å²) in [6.45, 7) is 1.42. The highest BCUT2D eigenvalue weighted by Gasteiger charge is 2.53. The van der Waals surface area contributed by atoms with Crippen LogP contribution in [0.3, 0.4) is 0 Å². The minimum Gasteiger partial charge on any atom is -0.493 e. The van der Waals surface area contributed by atoms with Crippen LogP contribution in [0.25, 0.3) is 10.8 Å². The molecule has 0 aliphatic rings. The fourth-order valence-electron chi connectivity index (χ4n) is 3.48. The number of methoxy groups -OCH3 is 1. The van der Waals surface area contributed by atoms with Gasteiger partial charge >= 0.3 is 6.18 Å². The standard InChI is InChI=1S/C22H21F4N3O3/c1-13(14-6-4-8-17(23)19(14)32-3)10-21(31,22(24,25)26)12-27-18-9-5-7-15-16(18)11-28-29(2)20(15)30/h4-9,11-13,31H,10H2,1-3H3. The lowest BCUT2D eigenvalue weighted by atomic mass is 9.86. The van der Waals surface area contributed by atoms with Gasteiger partial charge in [-0.25, -0.2) is 9.07 Å². The Hall–Kier alpha value is -3.27. The number of nitrogens with zero attached hydrogens (tertiary/aromatic N) is 3. The Kier molecular flexibility index (Phi) is 6.36. The molecule has 0 aliphatic heterocycles. The van der Waals surface area contributed by atoms with Crippen molar-refractivity contribution < 1.29 is 27.4 Å². The van der Waals surface area contributed by atoms with Gasteiger partial charge in [-0.2, -0.15) is 18.3 Å². The van der Waals surface area contributed by atoms with Crippen LogP contribution in [0.1, 0.15) is 24.8 Å². The van der Waals surface area contributed by atoms with Gasteiger partial charge in [0, 0.05) is 24.2 Å². The van der Waals surface area contributed by atoms with Gasteiger partial charge in [0.15, 0.2) is 17.2 Å². The van der Waals surface area contributed by atoms with Crippen LogP contribution in [-0.4, -0.2) is 40.0 Å². The number of hydrogen-bond donors (Lipinski definition) is 1. The smallest absolute Gasteiger partial charge is 0.422 e. The zero-order valence-corrected chi connectivity index (χ0v) is 17.5. The van der Waals surface area contributed by atoms with Gasteiger partial charge in [-0.1, -0.05) is 25.1 Å². The number of halogens is 4. The van der Waals surface area contributed by atoms with Crippen molar-refractivity contribution in [2.75, 3.05) is 7.11 Å². The number of aliphatic imine (C=N–C) groups is 1. The van der Waals surface area contributed by atoms with Crippen LogP contribution >= 0.6 is 0 Å². The van der Waals surface area contributed by atoms with Crippen LogP contribution in [-0.2, 0) is 7.05 Å². The number of fused-ring (bicyclic) bond motifs is 1. The molecule has 0 fully saturated rings. The number of benzene rings is 2. The van der Waals surface area contributed by atoms with Gasteiger partial charge in [-0.15, -0.1) is 0 Å². The number of aliphatic hydroxyl groups is 1. The second-order valence-electron chi connectivity index (χ2n) is 7.46. The van der Waals surface area contributed by atoms with E-state index in [9.17, 15) is 27.5 Å². The van der Waals surface area contributed by atoms with Gasteiger partial charge in [0.05, 0.1) is 24.4 Å². The fraction of sp³-hybridized carbons (Fsp3) is 0.318. The van der Waals surface area contributed by atoms with Crippen LogP contribution in [0.15, 0.2) is 52.4 Å². The lowest BCUT2D eigenvalue weighted by Gasteiger charge is -2.30. The van der Waals surface area contributed by atoms with Crippen LogP contribution < -0.4 is 10.3 Å². The molecule has 170 valence electrons. The lowest BCUT2D eigenvalue weighted by molar-refractivity contribution is -0.231. The summed E-state index contributed by atoms with van der Waals surface area (Å²) in [4.78, 5) is 16.1. The summed E-state index contributed by atoms with van der Waals surface area (Å²) in [5.74, 6) is -1.83. The second kappa shape index (κ2) is 8.70. The van der Waals surface area contributed by atoms with Crippen molar-refractivity contribution in [1.29, 1.82) is 0 Å². The lowest BCUT2D eigenvalue weighted by Crippen LogP contribution is -2.47. The van der Waals surface area contributed by atoms with E-state index in [1.165, 1.54) is 57.6 Å². The summed E-state index contributed by atoms with van der Waals surface area (Å²) >= 11 is 0. The number of aromatic nitrogens is 2. The molecular weight excluding hydrogens is 430 g/mol. The van der Waals surface area contributed by atoms with E-state index in [1.807, 2.05) is 0 Å². The Balaban J connectivity index is 2.02. The van der Waals surface area contributed by atoms with E-state index in [0.29, 0.717) is 6.21 Å². The van der Waals surface area contributed by atoms with E-state index < -0.39 is 35.5 Å². The summed E-state index contributed by atoms with van der Waals surface area (Å²) in [5, 5.41) is 14.9. The minimum absolute atomic E-state index is 0.0476. The average Bonchev–Trinajstić information content (AvgIpc) is 2.73. The van der Waals surface area contributed by atoms with Crippen molar-refractivity contribution in [3.8, 4) is 5.75 Å². The van der Waals surface area contributed by atoms with Crippen LogP contribution in [0.5, 0.6) is 5.75 Å². The first-order chi connectivity index (χ1) is 15.0. The van der Waals surface area contributed by atoms with Crippen molar-refractivity contribution in [3.05, 3.63) is 64.3 Å². The summed E-state index contributed by atoms with van der Waals surface area (Å²) in [6, 6.07) is 8.32. The van der Waals surface area contributed by atoms with E-state index >= 15 is 0 Å². The van der Waals surface area contributed by atoms with Crippen molar-refractivity contribution in [2.45, 2.75) is 31.0 Å². The quantitative estimate of drug-likeness (QED) is 0.449. The first-order valence-electron chi connectivity index (χ1n) is 9.60. The molecule has 1 aromatic heterocycles. The monoisotopic (exact) mass is 451 g/mol. The molecule has 3 rings (SSSR count). The molecule has 0 radical (unpaired) electrons. The van der Waals surface area contributed by atoms with E-state index in [-0.39, 0.29) is 27.8 Å². The van der Waals surface area contributed by atoms with Crippen molar-refractivity contribution in [3.63, 3.8) is 0 Å². The molecule has 0 amide bonds. The average molecular weight is 451 g/mol. The molecule has 2 unspecified atom stereocenters. The third-order valence-electron chi connectivity index (χ3n) is 5.23. The third kappa shape index (κ3) is 4.36. The van der Waals surface area contributed by atoms with Crippen molar-refractivity contribution >= 4 is 22.7 Å². The van der Waals surface area contributed by atoms with Crippen LogP contribution in [0.2, 0.25) is 0 Å². The number of ether oxygens (including phenoxy) is 1. The number of aryl methyl sites for hydroxylation is 1. The van der Waals surface area contributed by atoms with Crippen LogP contribution in [0, 0.1) is 5.82 Å². The molecule has 6 nitrogen and oxygen atoms in total. The Morgan fingerprint density at radius 3 is 2.56 bits per heavy atom. The second-order valence-corrected chi connectivity index (χ2v) is 7.46.